The van der Waals surface area contributed by atoms with Crippen molar-refractivity contribution in [3.63, 3.8) is 0 Å². The minimum Gasteiger partial charge on any atom is -0.502 e. The number of phenols is 1. The number of aromatic hydroxyl groups is 1. The molecule has 0 heterocycles. The molecule has 0 spiro atoms. The summed E-state index contributed by atoms with van der Waals surface area (Å²) in [5, 5.41) is 10.4. The molecule has 25 heavy (non-hydrogen) atoms. The van der Waals surface area contributed by atoms with Crippen molar-refractivity contribution in [1.82, 2.24) is 14.7 Å². The summed E-state index contributed by atoms with van der Waals surface area (Å²) >= 11 is 0. The average molecular weight is 355 g/mol. The second-order valence-corrected chi connectivity index (χ2v) is 6.72. The summed E-state index contributed by atoms with van der Waals surface area (Å²) < 4.78 is 17.2. The Balaban J connectivity index is 2.83. The number of rotatable bonds is 12. The lowest BCUT2D eigenvalue weighted by atomic mass is 10.2. The van der Waals surface area contributed by atoms with Crippen LogP contribution in [0, 0.1) is 0 Å². The number of likely N-dealkylation sites (N-methyl/N-ethyl adjacent to an activating group) is 3. The highest BCUT2D eigenvalue weighted by Gasteiger charge is 2.14. The Kier molecular flexibility index (Phi) is 9.41. The minimum absolute atomic E-state index is 0.0115. The van der Waals surface area contributed by atoms with E-state index in [1.54, 1.807) is 12.1 Å². The van der Waals surface area contributed by atoms with E-state index in [4.69, 9.17) is 14.2 Å². The molecule has 0 atom stereocenters. The van der Waals surface area contributed by atoms with Crippen LogP contribution in [0.4, 0.5) is 0 Å². The molecule has 0 saturated heterocycles. The van der Waals surface area contributed by atoms with Crippen LogP contribution in [0.15, 0.2) is 12.1 Å². The lowest BCUT2D eigenvalue weighted by Crippen LogP contribution is -2.20. The van der Waals surface area contributed by atoms with Crippen molar-refractivity contribution in [2.75, 3.05) is 81.7 Å². The van der Waals surface area contributed by atoms with Crippen LogP contribution in [0.25, 0.3) is 0 Å². The van der Waals surface area contributed by atoms with Crippen LogP contribution in [-0.4, -0.2) is 102 Å². The highest BCUT2D eigenvalue weighted by Crippen LogP contribution is 2.40. The summed E-state index contributed by atoms with van der Waals surface area (Å²) in [5.41, 5.74) is 0. The summed E-state index contributed by atoms with van der Waals surface area (Å²) in [6, 6.07) is 3.42. The van der Waals surface area contributed by atoms with Gasteiger partial charge in [0.1, 0.15) is 25.6 Å². The molecular weight excluding hydrogens is 322 g/mol. The topological polar surface area (TPSA) is 57.6 Å². The van der Waals surface area contributed by atoms with E-state index in [1.807, 2.05) is 57.0 Å². The molecule has 144 valence electrons. The standard InChI is InChI=1S/C18H33N3O4/c1-19(2)7-10-23-15-13-16(24-11-8-20(3)4)18(22)17(14-15)25-12-9-21(5)6/h13-14,22H,7-12H2,1-6H3. The van der Waals surface area contributed by atoms with Gasteiger partial charge in [-0.15, -0.1) is 0 Å². The molecule has 0 saturated carbocycles. The van der Waals surface area contributed by atoms with Crippen molar-refractivity contribution in [2.24, 2.45) is 0 Å². The van der Waals surface area contributed by atoms with Crippen molar-refractivity contribution in [1.29, 1.82) is 0 Å². The molecule has 0 aliphatic carbocycles. The normalized spacial score (nSPS) is 11.4. The van der Waals surface area contributed by atoms with E-state index in [-0.39, 0.29) is 5.75 Å². The molecule has 0 amide bonds. The summed E-state index contributed by atoms with van der Waals surface area (Å²) in [6.07, 6.45) is 0. The molecule has 1 aromatic carbocycles. The minimum atomic E-state index is 0.0115. The monoisotopic (exact) mass is 355 g/mol. The molecule has 0 aromatic heterocycles. The highest BCUT2D eigenvalue weighted by molar-refractivity contribution is 5.55. The van der Waals surface area contributed by atoms with Crippen LogP contribution in [0.3, 0.4) is 0 Å². The molecule has 7 heteroatoms. The maximum absolute atomic E-state index is 10.4. The lowest BCUT2D eigenvalue weighted by molar-refractivity contribution is 0.228. The van der Waals surface area contributed by atoms with Gasteiger partial charge < -0.3 is 34.0 Å². The van der Waals surface area contributed by atoms with Crippen molar-refractivity contribution >= 4 is 0 Å². The Bertz CT molecular complexity index is 472. The zero-order valence-electron chi connectivity index (χ0n) is 16.4. The van der Waals surface area contributed by atoms with Crippen molar-refractivity contribution < 1.29 is 19.3 Å². The van der Waals surface area contributed by atoms with E-state index in [9.17, 15) is 5.11 Å². The first kappa shape index (κ1) is 21.3. The van der Waals surface area contributed by atoms with E-state index in [2.05, 4.69) is 0 Å². The number of benzene rings is 1. The first-order valence-electron chi connectivity index (χ1n) is 8.49. The van der Waals surface area contributed by atoms with Crippen LogP contribution >= 0.6 is 0 Å². The smallest absolute Gasteiger partial charge is 0.201 e. The predicted molar refractivity (Wildman–Crippen MR) is 100 cm³/mol. The second kappa shape index (κ2) is 11.0. The van der Waals surface area contributed by atoms with Gasteiger partial charge in [-0.05, 0) is 42.3 Å². The molecular formula is C18H33N3O4. The van der Waals surface area contributed by atoms with Gasteiger partial charge >= 0.3 is 0 Å². The number of hydrogen-bond donors (Lipinski definition) is 1. The maximum atomic E-state index is 10.4. The largest absolute Gasteiger partial charge is 0.502 e. The molecule has 0 fully saturated rings. The van der Waals surface area contributed by atoms with Crippen molar-refractivity contribution in [2.45, 2.75) is 0 Å². The van der Waals surface area contributed by atoms with E-state index in [1.165, 1.54) is 0 Å². The maximum Gasteiger partial charge on any atom is 0.201 e. The van der Waals surface area contributed by atoms with Crippen molar-refractivity contribution in [3.05, 3.63) is 12.1 Å². The Morgan fingerprint density at radius 2 is 1.04 bits per heavy atom. The van der Waals surface area contributed by atoms with Gasteiger partial charge in [0.05, 0.1) is 0 Å². The molecule has 1 rings (SSSR count). The van der Waals surface area contributed by atoms with Gasteiger partial charge in [0.2, 0.25) is 5.75 Å². The molecule has 0 aliphatic rings. The molecule has 0 bridgehead atoms. The van der Waals surface area contributed by atoms with Gasteiger partial charge in [0.15, 0.2) is 11.5 Å². The van der Waals surface area contributed by atoms with Crippen LogP contribution in [0.1, 0.15) is 0 Å². The molecule has 0 unspecified atom stereocenters. The quantitative estimate of drug-likeness (QED) is 0.605. The summed E-state index contributed by atoms with van der Waals surface area (Å²) in [4.78, 5) is 6.08. The third-order valence-electron chi connectivity index (χ3n) is 3.41. The van der Waals surface area contributed by atoms with Gasteiger partial charge in [-0.1, -0.05) is 0 Å². The number of hydrogen-bond acceptors (Lipinski definition) is 7. The van der Waals surface area contributed by atoms with Crippen LogP contribution in [-0.2, 0) is 0 Å². The fourth-order valence-electron chi connectivity index (χ4n) is 1.88. The highest BCUT2D eigenvalue weighted by atomic mass is 16.5. The van der Waals surface area contributed by atoms with Crippen molar-refractivity contribution in [3.8, 4) is 23.0 Å². The Morgan fingerprint density at radius 1 is 0.680 bits per heavy atom. The zero-order chi connectivity index (χ0) is 18.8. The lowest BCUT2D eigenvalue weighted by Gasteiger charge is -2.18. The number of phenolic OH excluding ortho intramolecular Hbond substituents is 1. The average Bonchev–Trinajstić information content (AvgIpc) is 2.50. The predicted octanol–water partition coefficient (Wildman–Crippen LogP) is 1.21. The zero-order valence-corrected chi connectivity index (χ0v) is 16.4. The summed E-state index contributed by atoms with van der Waals surface area (Å²) in [7, 11) is 11.9. The van der Waals surface area contributed by atoms with Gasteiger partial charge in [-0.2, -0.15) is 0 Å². The van der Waals surface area contributed by atoms with E-state index in [0.29, 0.717) is 37.1 Å². The second-order valence-electron chi connectivity index (χ2n) is 6.72. The molecule has 0 radical (unpaired) electrons. The SMILES string of the molecule is CN(C)CCOc1cc(OCCN(C)C)c(O)c(OCCN(C)C)c1. The number of nitrogens with zero attached hydrogens (tertiary/aromatic N) is 3. The van der Waals surface area contributed by atoms with Gasteiger partial charge in [-0.25, -0.2) is 0 Å². The fourth-order valence-corrected chi connectivity index (χ4v) is 1.88. The Morgan fingerprint density at radius 3 is 1.40 bits per heavy atom. The van der Waals surface area contributed by atoms with Gasteiger partial charge in [0, 0.05) is 31.8 Å². The summed E-state index contributed by atoms with van der Waals surface area (Å²) in [5.74, 6) is 1.39. The summed E-state index contributed by atoms with van der Waals surface area (Å²) in [6.45, 7) is 3.79. The molecule has 0 aliphatic heterocycles. The Hall–Kier alpha value is -1.70. The molecule has 7 nitrogen and oxygen atoms in total. The van der Waals surface area contributed by atoms with E-state index < -0.39 is 0 Å². The first-order chi connectivity index (χ1) is 11.8. The Labute approximate surface area is 151 Å². The van der Waals surface area contributed by atoms with Gasteiger partial charge in [0.25, 0.3) is 0 Å². The van der Waals surface area contributed by atoms with E-state index >= 15 is 0 Å². The molecule has 1 aromatic rings. The first-order valence-corrected chi connectivity index (χ1v) is 8.49. The van der Waals surface area contributed by atoms with Crippen LogP contribution in [0.2, 0.25) is 0 Å². The van der Waals surface area contributed by atoms with Gasteiger partial charge in [-0.3, -0.25) is 0 Å². The fraction of sp³-hybridized carbons (Fsp3) is 0.667. The van der Waals surface area contributed by atoms with E-state index in [0.717, 1.165) is 19.6 Å². The third-order valence-corrected chi connectivity index (χ3v) is 3.41. The number of ether oxygens (including phenoxy) is 3. The van der Waals surface area contributed by atoms with Crippen LogP contribution < -0.4 is 14.2 Å². The van der Waals surface area contributed by atoms with Crippen LogP contribution in [0.5, 0.6) is 23.0 Å². The third kappa shape index (κ3) is 8.81. The molecule has 1 N–H and O–H groups in total.